The summed E-state index contributed by atoms with van der Waals surface area (Å²) in [5.41, 5.74) is 0.904. The molecule has 3 nitrogen and oxygen atoms in total. The van der Waals surface area contributed by atoms with Crippen molar-refractivity contribution in [1.29, 1.82) is 0 Å². The highest BCUT2D eigenvalue weighted by atomic mass is 79.9. The van der Waals surface area contributed by atoms with Gasteiger partial charge in [-0.25, -0.2) is 0 Å². The van der Waals surface area contributed by atoms with Crippen molar-refractivity contribution in [3.63, 3.8) is 0 Å². The van der Waals surface area contributed by atoms with Crippen LogP contribution in [-0.4, -0.2) is 18.3 Å². The first-order valence-corrected chi connectivity index (χ1v) is 8.23. The fourth-order valence-corrected chi connectivity index (χ4v) is 3.32. The molecule has 1 N–H and O–H groups in total. The molecule has 112 valence electrons. The Kier molecular flexibility index (Phi) is 5.73. The lowest BCUT2D eigenvalue weighted by molar-refractivity contribution is 0.0947. The molecule has 0 radical (unpaired) electrons. The summed E-state index contributed by atoms with van der Waals surface area (Å²) in [5.74, 6) is 1.78. The fourth-order valence-electron chi connectivity index (χ4n) is 2.76. The number of aliphatic hydroxyl groups is 1. The molecule has 0 aromatic heterocycles. The summed E-state index contributed by atoms with van der Waals surface area (Å²) >= 11 is 3.55. The molecule has 1 aliphatic rings. The summed E-state index contributed by atoms with van der Waals surface area (Å²) < 4.78 is 12.1. The number of hydrogen-bond donors (Lipinski definition) is 1. The van der Waals surface area contributed by atoms with E-state index in [0.717, 1.165) is 47.2 Å². The number of benzene rings is 1. The highest BCUT2D eigenvalue weighted by Crippen LogP contribution is 2.41. The summed E-state index contributed by atoms with van der Waals surface area (Å²) in [6.07, 6.45) is 3.79. The Bertz CT molecular complexity index is 442. The first-order valence-electron chi connectivity index (χ1n) is 7.44. The topological polar surface area (TPSA) is 38.7 Å². The molecule has 4 heteroatoms. The summed E-state index contributed by atoms with van der Waals surface area (Å²) in [7, 11) is 0. The van der Waals surface area contributed by atoms with Gasteiger partial charge in [0.15, 0.2) is 11.5 Å². The standard InChI is InChI=1S/C16H23BrO3/c1-3-5-11(6-4-2)16(18)12-9-14-15(10-13(12)17)20-8-7-19-14/h9-11,16,18H,3-8H2,1-2H3. The molecule has 0 saturated carbocycles. The lowest BCUT2D eigenvalue weighted by Crippen LogP contribution is -2.17. The molecule has 1 aliphatic heterocycles. The van der Waals surface area contributed by atoms with Crippen molar-refractivity contribution in [3.05, 3.63) is 22.2 Å². The molecule has 0 bridgehead atoms. The molecular formula is C16H23BrO3. The molecule has 1 atom stereocenters. The number of halogens is 1. The van der Waals surface area contributed by atoms with Gasteiger partial charge in [-0.1, -0.05) is 42.6 Å². The Morgan fingerprint density at radius 2 is 1.65 bits per heavy atom. The van der Waals surface area contributed by atoms with Gasteiger partial charge in [-0.05, 0) is 36.5 Å². The molecular weight excluding hydrogens is 320 g/mol. The molecule has 1 unspecified atom stereocenters. The predicted molar refractivity (Wildman–Crippen MR) is 83.4 cm³/mol. The van der Waals surface area contributed by atoms with Gasteiger partial charge >= 0.3 is 0 Å². The normalized spacial score (nSPS) is 15.4. The van der Waals surface area contributed by atoms with Crippen LogP contribution in [0.2, 0.25) is 0 Å². The zero-order valence-electron chi connectivity index (χ0n) is 12.2. The minimum Gasteiger partial charge on any atom is -0.486 e. The SMILES string of the molecule is CCCC(CCC)C(O)c1cc2c(cc1Br)OCCO2. The maximum Gasteiger partial charge on any atom is 0.162 e. The molecule has 2 rings (SSSR count). The van der Waals surface area contributed by atoms with Gasteiger partial charge in [-0.3, -0.25) is 0 Å². The molecule has 0 fully saturated rings. The van der Waals surface area contributed by atoms with Crippen molar-refractivity contribution >= 4 is 15.9 Å². The van der Waals surface area contributed by atoms with Crippen LogP contribution in [0.25, 0.3) is 0 Å². The van der Waals surface area contributed by atoms with Crippen molar-refractivity contribution < 1.29 is 14.6 Å². The molecule has 1 heterocycles. The minimum atomic E-state index is -0.458. The van der Waals surface area contributed by atoms with E-state index in [2.05, 4.69) is 29.8 Å². The Morgan fingerprint density at radius 1 is 1.10 bits per heavy atom. The highest BCUT2D eigenvalue weighted by Gasteiger charge is 2.24. The number of hydrogen-bond acceptors (Lipinski definition) is 3. The van der Waals surface area contributed by atoms with Gasteiger partial charge < -0.3 is 14.6 Å². The number of aliphatic hydroxyl groups excluding tert-OH is 1. The third kappa shape index (κ3) is 3.47. The van der Waals surface area contributed by atoms with E-state index in [4.69, 9.17) is 9.47 Å². The molecule has 1 aromatic carbocycles. The molecule has 20 heavy (non-hydrogen) atoms. The van der Waals surface area contributed by atoms with E-state index in [0.29, 0.717) is 19.1 Å². The zero-order valence-corrected chi connectivity index (χ0v) is 13.8. The number of fused-ring (bicyclic) bond motifs is 1. The van der Waals surface area contributed by atoms with Crippen LogP contribution in [0.5, 0.6) is 11.5 Å². The van der Waals surface area contributed by atoms with Crippen LogP contribution in [0.4, 0.5) is 0 Å². The largest absolute Gasteiger partial charge is 0.486 e. The third-order valence-electron chi connectivity index (χ3n) is 3.75. The second kappa shape index (κ2) is 7.32. The van der Waals surface area contributed by atoms with E-state index in [-0.39, 0.29) is 0 Å². The Labute approximate surface area is 129 Å². The van der Waals surface area contributed by atoms with Gasteiger partial charge in [0.2, 0.25) is 0 Å². The first kappa shape index (κ1) is 15.6. The van der Waals surface area contributed by atoms with Crippen LogP contribution in [0.3, 0.4) is 0 Å². The summed E-state index contributed by atoms with van der Waals surface area (Å²) in [6.45, 7) is 5.47. The van der Waals surface area contributed by atoms with Crippen LogP contribution >= 0.6 is 15.9 Å². The van der Waals surface area contributed by atoms with Gasteiger partial charge in [-0.2, -0.15) is 0 Å². The molecule has 0 amide bonds. The van der Waals surface area contributed by atoms with Crippen LogP contribution in [0.15, 0.2) is 16.6 Å². The van der Waals surface area contributed by atoms with E-state index in [9.17, 15) is 5.11 Å². The lowest BCUT2D eigenvalue weighted by atomic mass is 9.88. The van der Waals surface area contributed by atoms with Crippen LogP contribution in [-0.2, 0) is 0 Å². The monoisotopic (exact) mass is 342 g/mol. The van der Waals surface area contributed by atoms with Gasteiger partial charge in [0.1, 0.15) is 13.2 Å². The zero-order chi connectivity index (χ0) is 14.5. The second-order valence-electron chi connectivity index (χ2n) is 5.30. The van der Waals surface area contributed by atoms with Crippen molar-refractivity contribution in [2.24, 2.45) is 5.92 Å². The summed E-state index contributed by atoms with van der Waals surface area (Å²) in [4.78, 5) is 0. The maximum atomic E-state index is 10.7. The number of rotatable bonds is 6. The fraction of sp³-hybridized carbons (Fsp3) is 0.625. The third-order valence-corrected chi connectivity index (χ3v) is 4.43. The van der Waals surface area contributed by atoms with Crippen molar-refractivity contribution in [2.75, 3.05) is 13.2 Å². The van der Waals surface area contributed by atoms with E-state index in [1.807, 2.05) is 12.1 Å². The second-order valence-corrected chi connectivity index (χ2v) is 6.15. The van der Waals surface area contributed by atoms with Crippen molar-refractivity contribution in [1.82, 2.24) is 0 Å². The van der Waals surface area contributed by atoms with Crippen molar-refractivity contribution in [3.8, 4) is 11.5 Å². The molecule has 0 saturated heterocycles. The Morgan fingerprint density at radius 3 is 2.20 bits per heavy atom. The maximum absolute atomic E-state index is 10.7. The Balaban J connectivity index is 2.25. The first-order chi connectivity index (χ1) is 9.67. The average Bonchev–Trinajstić information content (AvgIpc) is 2.45. The average molecular weight is 343 g/mol. The van der Waals surface area contributed by atoms with Gasteiger partial charge in [0.25, 0.3) is 0 Å². The smallest absolute Gasteiger partial charge is 0.162 e. The van der Waals surface area contributed by atoms with Crippen molar-refractivity contribution in [2.45, 2.75) is 45.6 Å². The highest BCUT2D eigenvalue weighted by molar-refractivity contribution is 9.10. The molecule has 1 aromatic rings. The van der Waals surface area contributed by atoms with Crippen LogP contribution in [0, 0.1) is 5.92 Å². The summed E-state index contributed by atoms with van der Waals surface area (Å²) in [5, 5.41) is 10.7. The predicted octanol–water partition coefficient (Wildman–Crippen LogP) is 4.47. The van der Waals surface area contributed by atoms with Crippen LogP contribution in [0.1, 0.15) is 51.2 Å². The van der Waals surface area contributed by atoms with Crippen LogP contribution < -0.4 is 9.47 Å². The van der Waals surface area contributed by atoms with Gasteiger partial charge in [0.05, 0.1) is 6.10 Å². The number of ether oxygens (including phenoxy) is 2. The van der Waals surface area contributed by atoms with E-state index in [1.165, 1.54) is 0 Å². The molecule has 0 aliphatic carbocycles. The minimum absolute atomic E-state index is 0.295. The van der Waals surface area contributed by atoms with E-state index >= 15 is 0 Å². The summed E-state index contributed by atoms with van der Waals surface area (Å²) in [6, 6.07) is 3.82. The molecule has 0 spiro atoms. The van der Waals surface area contributed by atoms with E-state index in [1.54, 1.807) is 0 Å². The Hall–Kier alpha value is -0.740. The van der Waals surface area contributed by atoms with Gasteiger partial charge in [0, 0.05) is 4.47 Å². The van der Waals surface area contributed by atoms with E-state index < -0.39 is 6.10 Å². The van der Waals surface area contributed by atoms with Gasteiger partial charge in [-0.15, -0.1) is 0 Å². The quantitative estimate of drug-likeness (QED) is 0.828. The lowest BCUT2D eigenvalue weighted by Gasteiger charge is -2.26.